The number of Topliss-reactive ketones (excluding diaryl/α,β-unsaturated/α-hetero) is 1. The first-order valence-electron chi connectivity index (χ1n) is 8.85. The zero-order valence-electron chi connectivity index (χ0n) is 15.7. The number of carbonyl (C=O) groups excluding carboxylic acids is 2. The molecule has 1 unspecified atom stereocenters. The first-order valence-corrected chi connectivity index (χ1v) is 8.85. The summed E-state index contributed by atoms with van der Waals surface area (Å²) in [6.07, 6.45) is 0. The van der Waals surface area contributed by atoms with E-state index in [9.17, 15) is 14.7 Å². The van der Waals surface area contributed by atoms with Gasteiger partial charge in [-0.25, -0.2) is 0 Å². The smallest absolute Gasteiger partial charge is 0.295 e. The van der Waals surface area contributed by atoms with Gasteiger partial charge in [0.05, 0.1) is 18.2 Å². The molecule has 0 saturated carbocycles. The van der Waals surface area contributed by atoms with E-state index in [0.717, 1.165) is 16.7 Å². The number of carbonyl (C=O) groups is 2. The van der Waals surface area contributed by atoms with Gasteiger partial charge in [-0.2, -0.15) is 0 Å². The minimum atomic E-state index is -0.672. The standard InChI is InChI=1S/C22H23NO4/c1-14-4-8-16(9-5-14)19-18(20(24)17-10-6-15(2)7-11-17)21(25)22(26)23(19)12-13-27-3/h4-11,19,24H,12-13H2,1-3H3/b20-18+. The molecular formula is C22H23NO4. The van der Waals surface area contributed by atoms with Gasteiger partial charge in [0, 0.05) is 19.2 Å². The lowest BCUT2D eigenvalue weighted by molar-refractivity contribution is -0.140. The number of hydrogen-bond donors (Lipinski definition) is 1. The van der Waals surface area contributed by atoms with Crippen molar-refractivity contribution in [1.29, 1.82) is 0 Å². The van der Waals surface area contributed by atoms with Crippen molar-refractivity contribution in [2.75, 3.05) is 20.3 Å². The van der Waals surface area contributed by atoms with Crippen molar-refractivity contribution < 1.29 is 19.4 Å². The fraction of sp³-hybridized carbons (Fsp3) is 0.273. The first-order chi connectivity index (χ1) is 12.9. The van der Waals surface area contributed by atoms with Gasteiger partial charge >= 0.3 is 0 Å². The summed E-state index contributed by atoms with van der Waals surface area (Å²) in [7, 11) is 1.55. The summed E-state index contributed by atoms with van der Waals surface area (Å²) in [4.78, 5) is 26.9. The number of amides is 1. The maximum absolute atomic E-state index is 12.8. The lowest BCUT2D eigenvalue weighted by atomic mass is 9.94. The summed E-state index contributed by atoms with van der Waals surface area (Å²) >= 11 is 0. The molecule has 1 N–H and O–H groups in total. The number of nitrogens with zero attached hydrogens (tertiary/aromatic N) is 1. The SMILES string of the molecule is COCCN1C(=O)C(=O)/C(=C(/O)c2ccc(C)cc2)C1c1ccc(C)cc1. The van der Waals surface area contributed by atoms with Crippen LogP contribution in [0.2, 0.25) is 0 Å². The van der Waals surface area contributed by atoms with Crippen molar-refractivity contribution in [1.82, 2.24) is 4.90 Å². The second-order valence-electron chi connectivity index (χ2n) is 6.76. The highest BCUT2D eigenvalue weighted by atomic mass is 16.5. The molecule has 0 aliphatic carbocycles. The Hall–Kier alpha value is -2.92. The average Bonchev–Trinajstić information content (AvgIpc) is 2.91. The molecule has 0 radical (unpaired) electrons. The van der Waals surface area contributed by atoms with Crippen LogP contribution in [0, 0.1) is 13.8 Å². The summed E-state index contributed by atoms with van der Waals surface area (Å²) in [6, 6.07) is 14.2. The molecule has 0 spiro atoms. The molecule has 1 saturated heterocycles. The molecule has 1 aliphatic rings. The Kier molecular flexibility index (Phi) is 5.42. The van der Waals surface area contributed by atoms with E-state index in [2.05, 4.69) is 0 Å². The Labute approximate surface area is 158 Å². The molecule has 2 aromatic rings. The fourth-order valence-corrected chi connectivity index (χ4v) is 3.26. The number of aliphatic hydroxyl groups is 1. The molecular weight excluding hydrogens is 342 g/mol. The van der Waals surface area contributed by atoms with E-state index in [1.54, 1.807) is 19.2 Å². The second kappa shape index (κ2) is 7.76. The molecule has 27 heavy (non-hydrogen) atoms. The van der Waals surface area contributed by atoms with Crippen LogP contribution in [0.25, 0.3) is 5.76 Å². The van der Waals surface area contributed by atoms with E-state index in [-0.39, 0.29) is 17.9 Å². The van der Waals surface area contributed by atoms with Crippen molar-refractivity contribution in [2.24, 2.45) is 0 Å². The Morgan fingerprint density at radius 1 is 1.00 bits per heavy atom. The minimum absolute atomic E-state index is 0.115. The molecule has 0 aromatic heterocycles. The van der Waals surface area contributed by atoms with Crippen LogP contribution in [0.1, 0.15) is 28.3 Å². The van der Waals surface area contributed by atoms with Crippen molar-refractivity contribution in [3.8, 4) is 0 Å². The maximum atomic E-state index is 12.8. The molecule has 0 bridgehead atoms. The second-order valence-corrected chi connectivity index (χ2v) is 6.76. The summed E-state index contributed by atoms with van der Waals surface area (Å²) < 4.78 is 5.10. The highest BCUT2D eigenvalue weighted by Gasteiger charge is 2.45. The summed E-state index contributed by atoms with van der Waals surface area (Å²) in [5.74, 6) is -1.44. The summed E-state index contributed by atoms with van der Waals surface area (Å²) in [6.45, 7) is 4.49. The molecule has 140 valence electrons. The maximum Gasteiger partial charge on any atom is 0.295 e. The largest absolute Gasteiger partial charge is 0.507 e. The Balaban J connectivity index is 2.14. The molecule has 1 fully saturated rings. The van der Waals surface area contributed by atoms with Gasteiger partial charge in [0.1, 0.15) is 5.76 Å². The average molecular weight is 365 g/mol. The number of ether oxygens (including phenoxy) is 1. The van der Waals surface area contributed by atoms with Crippen molar-refractivity contribution in [2.45, 2.75) is 19.9 Å². The number of ketones is 1. The normalized spacial score (nSPS) is 18.9. The number of likely N-dealkylation sites (tertiary alicyclic amines) is 1. The quantitative estimate of drug-likeness (QED) is 0.501. The van der Waals surface area contributed by atoms with Gasteiger partial charge < -0.3 is 14.7 Å². The van der Waals surface area contributed by atoms with Crippen molar-refractivity contribution in [3.05, 3.63) is 76.4 Å². The number of hydrogen-bond acceptors (Lipinski definition) is 4. The third-order valence-electron chi connectivity index (χ3n) is 4.79. The van der Waals surface area contributed by atoms with E-state index >= 15 is 0 Å². The topological polar surface area (TPSA) is 66.8 Å². The van der Waals surface area contributed by atoms with Gasteiger partial charge in [0.15, 0.2) is 0 Å². The lowest BCUT2D eigenvalue weighted by Gasteiger charge is -2.25. The number of rotatable bonds is 5. The van der Waals surface area contributed by atoms with Crippen LogP contribution < -0.4 is 0 Å². The van der Waals surface area contributed by atoms with Gasteiger partial charge in [-0.05, 0) is 19.4 Å². The molecule has 1 amide bonds. The van der Waals surface area contributed by atoms with E-state index in [1.807, 2.05) is 50.2 Å². The third kappa shape index (κ3) is 3.64. The predicted molar refractivity (Wildman–Crippen MR) is 103 cm³/mol. The monoisotopic (exact) mass is 365 g/mol. The molecule has 1 atom stereocenters. The van der Waals surface area contributed by atoms with Crippen LogP contribution in [0.3, 0.4) is 0 Å². The Morgan fingerprint density at radius 2 is 1.56 bits per heavy atom. The third-order valence-corrected chi connectivity index (χ3v) is 4.79. The van der Waals surface area contributed by atoms with E-state index in [0.29, 0.717) is 12.2 Å². The Morgan fingerprint density at radius 3 is 2.11 bits per heavy atom. The lowest BCUT2D eigenvalue weighted by Crippen LogP contribution is -2.32. The van der Waals surface area contributed by atoms with Crippen LogP contribution in [0.15, 0.2) is 54.1 Å². The molecule has 1 aliphatic heterocycles. The highest BCUT2D eigenvalue weighted by Crippen LogP contribution is 2.39. The van der Waals surface area contributed by atoms with E-state index < -0.39 is 17.7 Å². The molecule has 2 aromatic carbocycles. The number of benzene rings is 2. The van der Waals surface area contributed by atoms with Crippen LogP contribution >= 0.6 is 0 Å². The minimum Gasteiger partial charge on any atom is -0.507 e. The van der Waals surface area contributed by atoms with Crippen LogP contribution in [0.4, 0.5) is 0 Å². The van der Waals surface area contributed by atoms with Gasteiger partial charge in [-0.3, -0.25) is 9.59 Å². The number of aryl methyl sites for hydroxylation is 2. The van der Waals surface area contributed by atoms with Gasteiger partial charge in [0.25, 0.3) is 11.7 Å². The zero-order chi connectivity index (χ0) is 19.6. The highest BCUT2D eigenvalue weighted by molar-refractivity contribution is 6.46. The summed E-state index contributed by atoms with van der Waals surface area (Å²) in [5.41, 5.74) is 3.53. The van der Waals surface area contributed by atoms with Crippen molar-refractivity contribution >= 4 is 17.4 Å². The van der Waals surface area contributed by atoms with E-state index in [1.165, 1.54) is 4.90 Å². The van der Waals surface area contributed by atoms with Crippen LogP contribution in [-0.4, -0.2) is 42.0 Å². The predicted octanol–water partition coefficient (Wildman–Crippen LogP) is 3.37. The van der Waals surface area contributed by atoms with Crippen LogP contribution in [0.5, 0.6) is 0 Å². The van der Waals surface area contributed by atoms with E-state index in [4.69, 9.17) is 4.74 Å². The first kappa shape index (κ1) is 18.9. The number of methoxy groups -OCH3 is 1. The molecule has 5 heteroatoms. The number of aliphatic hydroxyl groups excluding tert-OH is 1. The summed E-state index contributed by atoms with van der Waals surface area (Å²) in [5, 5.41) is 10.9. The van der Waals surface area contributed by atoms with Gasteiger partial charge in [0.2, 0.25) is 0 Å². The van der Waals surface area contributed by atoms with Gasteiger partial charge in [-0.1, -0.05) is 59.7 Å². The molecule has 3 rings (SSSR count). The van der Waals surface area contributed by atoms with Crippen LogP contribution in [-0.2, 0) is 14.3 Å². The Bertz CT molecular complexity index is 882. The van der Waals surface area contributed by atoms with Crippen molar-refractivity contribution in [3.63, 3.8) is 0 Å². The molecule has 5 nitrogen and oxygen atoms in total. The molecule has 1 heterocycles. The zero-order valence-corrected chi connectivity index (χ0v) is 15.7. The fourth-order valence-electron chi connectivity index (χ4n) is 3.26. The van der Waals surface area contributed by atoms with Gasteiger partial charge in [-0.15, -0.1) is 0 Å².